The summed E-state index contributed by atoms with van der Waals surface area (Å²) < 4.78 is 5.02. The molecule has 3 heterocycles. The summed E-state index contributed by atoms with van der Waals surface area (Å²) in [5.41, 5.74) is 0. The third kappa shape index (κ3) is 2.86. The van der Waals surface area contributed by atoms with Crippen molar-refractivity contribution in [2.75, 3.05) is 18.4 Å². The van der Waals surface area contributed by atoms with Gasteiger partial charge in [-0.2, -0.15) is 4.98 Å². The maximum atomic E-state index is 12.0. The lowest BCUT2D eigenvalue weighted by Gasteiger charge is -2.20. The Labute approximate surface area is 120 Å². The van der Waals surface area contributed by atoms with Crippen LogP contribution in [0.3, 0.4) is 0 Å². The molecule has 20 heavy (non-hydrogen) atoms. The number of carbonyl (C=O) groups excluding carboxylic acids is 1. The summed E-state index contributed by atoms with van der Waals surface area (Å²) in [6.45, 7) is 2.95. The molecule has 0 aliphatic carbocycles. The van der Waals surface area contributed by atoms with E-state index in [0.29, 0.717) is 23.4 Å². The van der Waals surface area contributed by atoms with Crippen LogP contribution >= 0.6 is 11.3 Å². The van der Waals surface area contributed by atoms with Crippen LogP contribution < -0.4 is 5.32 Å². The average Bonchev–Trinajstić information content (AvgIpc) is 3.11. The molecule has 1 amide bonds. The van der Waals surface area contributed by atoms with Crippen molar-refractivity contribution in [1.82, 2.24) is 20.0 Å². The molecule has 8 heteroatoms. The number of aryl methyl sites for hydroxylation is 1. The molecule has 3 rings (SSSR count). The normalized spacial score (nSPS) is 19.4. The molecule has 1 saturated heterocycles. The van der Waals surface area contributed by atoms with Crippen molar-refractivity contribution < 1.29 is 9.32 Å². The lowest BCUT2D eigenvalue weighted by Crippen LogP contribution is -2.33. The van der Waals surface area contributed by atoms with Crippen LogP contribution in [0.4, 0.5) is 5.13 Å². The highest BCUT2D eigenvalue weighted by Crippen LogP contribution is 2.29. The van der Waals surface area contributed by atoms with Crippen molar-refractivity contribution in [3.05, 3.63) is 23.3 Å². The number of thiazole rings is 1. The van der Waals surface area contributed by atoms with Crippen molar-refractivity contribution in [3.8, 4) is 0 Å². The molecule has 2 aromatic rings. The van der Waals surface area contributed by atoms with Gasteiger partial charge in [-0.3, -0.25) is 9.69 Å². The molecule has 1 atom stereocenters. The van der Waals surface area contributed by atoms with Crippen LogP contribution in [0.1, 0.15) is 30.6 Å². The molecule has 0 aromatic carbocycles. The van der Waals surface area contributed by atoms with E-state index in [1.54, 1.807) is 13.1 Å². The standard InChI is InChI=1S/C12H15N5O2S/c1-8-14-11(16-19-8)9-3-2-5-17(9)7-10(18)15-12-13-4-6-20-12/h4,6,9H,2-3,5,7H2,1H3,(H,13,15,18)/t9-/m0/s1. The van der Waals surface area contributed by atoms with E-state index in [4.69, 9.17) is 4.52 Å². The van der Waals surface area contributed by atoms with Crippen LogP contribution in [-0.4, -0.2) is 39.0 Å². The van der Waals surface area contributed by atoms with Gasteiger partial charge in [0.2, 0.25) is 11.8 Å². The van der Waals surface area contributed by atoms with Crippen molar-refractivity contribution in [3.63, 3.8) is 0 Å². The van der Waals surface area contributed by atoms with Crippen molar-refractivity contribution in [2.24, 2.45) is 0 Å². The summed E-state index contributed by atoms with van der Waals surface area (Å²) in [6.07, 6.45) is 3.65. The molecule has 0 saturated carbocycles. The largest absolute Gasteiger partial charge is 0.340 e. The van der Waals surface area contributed by atoms with Gasteiger partial charge >= 0.3 is 0 Å². The number of likely N-dealkylation sites (tertiary alicyclic amines) is 1. The van der Waals surface area contributed by atoms with Gasteiger partial charge in [0.25, 0.3) is 0 Å². The fourth-order valence-electron chi connectivity index (χ4n) is 2.39. The van der Waals surface area contributed by atoms with E-state index in [9.17, 15) is 4.79 Å². The fourth-order valence-corrected chi connectivity index (χ4v) is 2.93. The Morgan fingerprint density at radius 1 is 1.65 bits per heavy atom. The Hall–Kier alpha value is -1.80. The Kier molecular flexibility index (Phi) is 3.75. The second kappa shape index (κ2) is 5.68. The maximum Gasteiger partial charge on any atom is 0.240 e. The average molecular weight is 293 g/mol. The summed E-state index contributed by atoms with van der Waals surface area (Å²) in [6, 6.07) is 0.0643. The number of anilines is 1. The molecular weight excluding hydrogens is 278 g/mol. The summed E-state index contributed by atoms with van der Waals surface area (Å²) >= 11 is 1.41. The Morgan fingerprint density at radius 3 is 3.25 bits per heavy atom. The molecule has 1 N–H and O–H groups in total. The molecule has 0 radical (unpaired) electrons. The maximum absolute atomic E-state index is 12.0. The highest BCUT2D eigenvalue weighted by Gasteiger charge is 2.31. The molecule has 0 bridgehead atoms. The highest BCUT2D eigenvalue weighted by atomic mass is 32.1. The predicted molar refractivity (Wildman–Crippen MR) is 73.3 cm³/mol. The van der Waals surface area contributed by atoms with Crippen LogP contribution in [0.15, 0.2) is 16.1 Å². The summed E-state index contributed by atoms with van der Waals surface area (Å²) in [7, 11) is 0. The third-order valence-electron chi connectivity index (χ3n) is 3.23. The summed E-state index contributed by atoms with van der Waals surface area (Å²) in [5.74, 6) is 1.16. The van der Waals surface area contributed by atoms with E-state index in [1.165, 1.54) is 11.3 Å². The number of nitrogens with zero attached hydrogens (tertiary/aromatic N) is 4. The number of hydrogen-bond donors (Lipinski definition) is 1. The minimum absolute atomic E-state index is 0.0629. The zero-order valence-corrected chi connectivity index (χ0v) is 11.9. The van der Waals surface area contributed by atoms with Crippen molar-refractivity contribution in [1.29, 1.82) is 0 Å². The second-order valence-electron chi connectivity index (χ2n) is 4.69. The SMILES string of the molecule is Cc1nc([C@@H]2CCCN2CC(=O)Nc2nccs2)no1. The van der Waals surface area contributed by atoms with E-state index < -0.39 is 0 Å². The third-order valence-corrected chi connectivity index (χ3v) is 3.92. The molecule has 2 aromatic heterocycles. The molecule has 0 spiro atoms. The number of amides is 1. The molecule has 1 aliphatic heterocycles. The van der Waals surface area contributed by atoms with E-state index >= 15 is 0 Å². The molecule has 0 unspecified atom stereocenters. The van der Waals surface area contributed by atoms with Gasteiger partial charge < -0.3 is 9.84 Å². The minimum Gasteiger partial charge on any atom is -0.340 e. The van der Waals surface area contributed by atoms with E-state index in [-0.39, 0.29) is 11.9 Å². The lowest BCUT2D eigenvalue weighted by molar-refractivity contribution is -0.117. The van der Waals surface area contributed by atoms with Gasteiger partial charge in [-0.15, -0.1) is 11.3 Å². The summed E-state index contributed by atoms with van der Waals surface area (Å²) in [4.78, 5) is 22.4. The zero-order valence-electron chi connectivity index (χ0n) is 11.1. The minimum atomic E-state index is -0.0629. The second-order valence-corrected chi connectivity index (χ2v) is 5.58. The quantitative estimate of drug-likeness (QED) is 0.922. The number of rotatable bonds is 4. The number of nitrogens with one attached hydrogen (secondary N) is 1. The van der Waals surface area contributed by atoms with Crippen LogP contribution in [-0.2, 0) is 4.79 Å². The first-order valence-corrected chi connectivity index (χ1v) is 7.34. The summed E-state index contributed by atoms with van der Waals surface area (Å²) in [5, 5.41) is 9.21. The first-order chi connectivity index (χ1) is 9.72. The first kappa shape index (κ1) is 13.2. The van der Waals surface area contributed by atoms with E-state index in [0.717, 1.165) is 19.4 Å². The van der Waals surface area contributed by atoms with Gasteiger partial charge in [0.05, 0.1) is 12.6 Å². The van der Waals surface area contributed by atoms with Crippen LogP contribution in [0, 0.1) is 6.92 Å². The van der Waals surface area contributed by atoms with Gasteiger partial charge in [-0.25, -0.2) is 4.98 Å². The Bertz CT molecular complexity index is 582. The van der Waals surface area contributed by atoms with Gasteiger partial charge in [0.15, 0.2) is 11.0 Å². The number of carbonyl (C=O) groups is 1. The zero-order chi connectivity index (χ0) is 13.9. The van der Waals surface area contributed by atoms with E-state index in [1.807, 2.05) is 5.38 Å². The fraction of sp³-hybridized carbons (Fsp3) is 0.500. The lowest BCUT2D eigenvalue weighted by atomic mass is 10.2. The topological polar surface area (TPSA) is 84.2 Å². The Balaban J connectivity index is 1.62. The monoisotopic (exact) mass is 293 g/mol. The first-order valence-electron chi connectivity index (χ1n) is 6.46. The van der Waals surface area contributed by atoms with Crippen molar-refractivity contribution >= 4 is 22.4 Å². The van der Waals surface area contributed by atoms with Crippen LogP contribution in [0.2, 0.25) is 0 Å². The molecule has 1 aliphatic rings. The predicted octanol–water partition coefficient (Wildman–Crippen LogP) is 1.61. The van der Waals surface area contributed by atoms with E-state index in [2.05, 4.69) is 25.3 Å². The van der Waals surface area contributed by atoms with Crippen LogP contribution in [0.5, 0.6) is 0 Å². The number of aromatic nitrogens is 3. The van der Waals surface area contributed by atoms with Crippen molar-refractivity contribution in [2.45, 2.75) is 25.8 Å². The smallest absolute Gasteiger partial charge is 0.240 e. The van der Waals surface area contributed by atoms with Crippen LogP contribution in [0.25, 0.3) is 0 Å². The van der Waals surface area contributed by atoms with Gasteiger partial charge in [-0.05, 0) is 19.4 Å². The highest BCUT2D eigenvalue weighted by molar-refractivity contribution is 7.13. The molecule has 7 nitrogen and oxygen atoms in total. The number of hydrogen-bond acceptors (Lipinski definition) is 7. The van der Waals surface area contributed by atoms with Gasteiger partial charge in [0, 0.05) is 18.5 Å². The molecule has 106 valence electrons. The van der Waals surface area contributed by atoms with Gasteiger partial charge in [0.1, 0.15) is 0 Å². The molecular formula is C12H15N5O2S. The van der Waals surface area contributed by atoms with Gasteiger partial charge in [-0.1, -0.05) is 5.16 Å². The molecule has 1 fully saturated rings. The Morgan fingerprint density at radius 2 is 2.55 bits per heavy atom.